The molecule has 1 rings (SSSR count). The Morgan fingerprint density at radius 1 is 1.23 bits per heavy atom. The molecule has 0 unspecified atom stereocenters. The third-order valence-electron chi connectivity index (χ3n) is 3.05. The van der Waals surface area contributed by atoms with Crippen LogP contribution in [0.15, 0.2) is 16.1 Å². The molecule has 74 valence electrons. The second kappa shape index (κ2) is 4.59. The highest BCUT2D eigenvalue weighted by Gasteiger charge is 2.15. The molecule has 1 aliphatic carbocycles. The molecule has 0 aromatic rings. The summed E-state index contributed by atoms with van der Waals surface area (Å²) in [5.74, 6) is 0.671. The van der Waals surface area contributed by atoms with E-state index in [9.17, 15) is 0 Å². The SMILES string of the molecule is CN=C1CCCC/C1=C(\C)C(C)C. The lowest BCUT2D eigenvalue weighted by molar-refractivity contribution is 0.695. The number of allylic oxidation sites excluding steroid dienone is 2. The molecule has 13 heavy (non-hydrogen) atoms. The average molecular weight is 179 g/mol. The van der Waals surface area contributed by atoms with Crippen molar-refractivity contribution in [1.29, 1.82) is 0 Å². The minimum atomic E-state index is 0.671. The lowest BCUT2D eigenvalue weighted by Crippen LogP contribution is -2.12. The minimum absolute atomic E-state index is 0.671. The summed E-state index contributed by atoms with van der Waals surface area (Å²) in [6.45, 7) is 6.80. The summed E-state index contributed by atoms with van der Waals surface area (Å²) in [4.78, 5) is 4.39. The van der Waals surface area contributed by atoms with Gasteiger partial charge in [-0.15, -0.1) is 0 Å². The molecule has 1 aliphatic rings. The Balaban J connectivity index is 2.92. The Hall–Kier alpha value is -0.590. The summed E-state index contributed by atoms with van der Waals surface area (Å²) < 4.78 is 0. The number of hydrogen-bond acceptors (Lipinski definition) is 1. The van der Waals surface area contributed by atoms with E-state index in [0.29, 0.717) is 5.92 Å². The van der Waals surface area contributed by atoms with Crippen LogP contribution in [0.25, 0.3) is 0 Å². The zero-order chi connectivity index (χ0) is 9.84. The average Bonchev–Trinajstić information content (AvgIpc) is 2.16. The van der Waals surface area contributed by atoms with Crippen LogP contribution in [0.3, 0.4) is 0 Å². The van der Waals surface area contributed by atoms with E-state index in [2.05, 4.69) is 25.8 Å². The molecule has 0 heterocycles. The van der Waals surface area contributed by atoms with Gasteiger partial charge < -0.3 is 0 Å². The largest absolute Gasteiger partial charge is 0.293 e. The van der Waals surface area contributed by atoms with Crippen LogP contribution in [0, 0.1) is 5.92 Å². The minimum Gasteiger partial charge on any atom is -0.293 e. The Kier molecular flexibility index (Phi) is 3.71. The monoisotopic (exact) mass is 179 g/mol. The molecule has 0 saturated heterocycles. The van der Waals surface area contributed by atoms with E-state index in [4.69, 9.17) is 0 Å². The van der Waals surface area contributed by atoms with Gasteiger partial charge in [0.25, 0.3) is 0 Å². The van der Waals surface area contributed by atoms with Gasteiger partial charge in [0.2, 0.25) is 0 Å². The standard InChI is InChI=1S/C12H21N/c1-9(2)10(3)11-7-5-6-8-12(11)13-4/h9H,5-8H2,1-4H3/b11-10-,13-12?. The maximum atomic E-state index is 4.39. The van der Waals surface area contributed by atoms with Crippen LogP contribution in [0.5, 0.6) is 0 Å². The molecule has 0 amide bonds. The van der Waals surface area contributed by atoms with Crippen molar-refractivity contribution in [1.82, 2.24) is 0 Å². The quantitative estimate of drug-likeness (QED) is 0.583. The molecule has 0 N–H and O–H groups in total. The number of hydrogen-bond donors (Lipinski definition) is 0. The first-order valence-electron chi connectivity index (χ1n) is 5.32. The third-order valence-corrected chi connectivity index (χ3v) is 3.05. The normalized spacial score (nSPS) is 25.5. The van der Waals surface area contributed by atoms with Gasteiger partial charge in [0.15, 0.2) is 0 Å². The predicted octanol–water partition coefficient (Wildman–Crippen LogP) is 3.60. The molecule has 0 aliphatic heterocycles. The van der Waals surface area contributed by atoms with E-state index in [1.54, 1.807) is 11.1 Å². The Bertz CT molecular complexity index is 234. The molecule has 1 nitrogen and oxygen atoms in total. The lowest BCUT2D eigenvalue weighted by atomic mass is 9.86. The van der Waals surface area contributed by atoms with Crippen molar-refractivity contribution < 1.29 is 0 Å². The van der Waals surface area contributed by atoms with Gasteiger partial charge in [-0.3, -0.25) is 4.99 Å². The van der Waals surface area contributed by atoms with E-state index < -0.39 is 0 Å². The summed E-state index contributed by atoms with van der Waals surface area (Å²) in [7, 11) is 1.92. The van der Waals surface area contributed by atoms with Gasteiger partial charge in [-0.1, -0.05) is 19.4 Å². The lowest BCUT2D eigenvalue weighted by Gasteiger charge is -2.21. The number of aliphatic imine (C=N–C) groups is 1. The van der Waals surface area contributed by atoms with Gasteiger partial charge in [-0.2, -0.15) is 0 Å². The Morgan fingerprint density at radius 3 is 2.38 bits per heavy atom. The van der Waals surface area contributed by atoms with Crippen LogP contribution >= 0.6 is 0 Å². The van der Waals surface area contributed by atoms with Crippen molar-refractivity contribution in [3.05, 3.63) is 11.1 Å². The van der Waals surface area contributed by atoms with Gasteiger partial charge in [-0.05, 0) is 44.1 Å². The van der Waals surface area contributed by atoms with Gasteiger partial charge in [-0.25, -0.2) is 0 Å². The van der Waals surface area contributed by atoms with Crippen molar-refractivity contribution in [2.45, 2.75) is 46.5 Å². The molecule has 0 bridgehead atoms. The molecule has 0 radical (unpaired) electrons. The third kappa shape index (κ3) is 2.43. The zero-order valence-electron chi connectivity index (χ0n) is 9.35. The Labute approximate surface area is 82.0 Å². The highest BCUT2D eigenvalue weighted by Crippen LogP contribution is 2.26. The molecule has 0 aromatic heterocycles. The number of rotatable bonds is 1. The first-order chi connectivity index (χ1) is 6.16. The highest BCUT2D eigenvalue weighted by atomic mass is 14.7. The van der Waals surface area contributed by atoms with E-state index in [1.807, 2.05) is 7.05 Å². The summed E-state index contributed by atoms with van der Waals surface area (Å²) in [6, 6.07) is 0. The fourth-order valence-electron chi connectivity index (χ4n) is 1.91. The van der Waals surface area contributed by atoms with Gasteiger partial charge >= 0.3 is 0 Å². The van der Waals surface area contributed by atoms with E-state index >= 15 is 0 Å². The molecule has 0 atom stereocenters. The molecule has 1 saturated carbocycles. The van der Waals surface area contributed by atoms with E-state index in [-0.39, 0.29) is 0 Å². The summed E-state index contributed by atoms with van der Waals surface area (Å²) in [6.07, 6.45) is 5.10. The number of nitrogens with zero attached hydrogens (tertiary/aromatic N) is 1. The maximum absolute atomic E-state index is 4.39. The van der Waals surface area contributed by atoms with Crippen molar-refractivity contribution >= 4 is 5.71 Å². The van der Waals surface area contributed by atoms with Crippen LogP contribution in [-0.4, -0.2) is 12.8 Å². The molecule has 1 heteroatoms. The van der Waals surface area contributed by atoms with E-state index in [1.165, 1.54) is 31.4 Å². The predicted molar refractivity (Wildman–Crippen MR) is 59.4 cm³/mol. The van der Waals surface area contributed by atoms with E-state index in [0.717, 1.165) is 0 Å². The molecule has 0 spiro atoms. The second-order valence-electron chi connectivity index (χ2n) is 4.19. The fraction of sp³-hybridized carbons (Fsp3) is 0.750. The second-order valence-corrected chi connectivity index (χ2v) is 4.19. The molecular formula is C12H21N. The maximum Gasteiger partial charge on any atom is 0.0376 e. The summed E-state index contributed by atoms with van der Waals surface area (Å²) in [5, 5.41) is 0. The van der Waals surface area contributed by atoms with Crippen LogP contribution in [-0.2, 0) is 0 Å². The first kappa shape index (κ1) is 10.5. The van der Waals surface area contributed by atoms with Crippen molar-refractivity contribution in [2.24, 2.45) is 10.9 Å². The fourth-order valence-corrected chi connectivity index (χ4v) is 1.91. The topological polar surface area (TPSA) is 12.4 Å². The van der Waals surface area contributed by atoms with Gasteiger partial charge in [0.05, 0.1) is 0 Å². The van der Waals surface area contributed by atoms with Gasteiger partial charge in [0, 0.05) is 12.8 Å². The first-order valence-corrected chi connectivity index (χ1v) is 5.32. The van der Waals surface area contributed by atoms with Crippen molar-refractivity contribution in [3.8, 4) is 0 Å². The molecular weight excluding hydrogens is 158 g/mol. The van der Waals surface area contributed by atoms with Crippen molar-refractivity contribution in [3.63, 3.8) is 0 Å². The van der Waals surface area contributed by atoms with Gasteiger partial charge in [0.1, 0.15) is 0 Å². The highest BCUT2D eigenvalue weighted by molar-refractivity contribution is 6.01. The molecule has 1 fully saturated rings. The van der Waals surface area contributed by atoms with Crippen LogP contribution < -0.4 is 0 Å². The summed E-state index contributed by atoms with van der Waals surface area (Å²) >= 11 is 0. The zero-order valence-corrected chi connectivity index (χ0v) is 9.35. The summed E-state index contributed by atoms with van der Waals surface area (Å²) in [5.41, 5.74) is 4.45. The van der Waals surface area contributed by atoms with Crippen LogP contribution in [0.2, 0.25) is 0 Å². The van der Waals surface area contributed by atoms with Crippen LogP contribution in [0.1, 0.15) is 46.5 Å². The van der Waals surface area contributed by atoms with Crippen molar-refractivity contribution in [2.75, 3.05) is 7.05 Å². The van der Waals surface area contributed by atoms with Crippen LogP contribution in [0.4, 0.5) is 0 Å². The Morgan fingerprint density at radius 2 is 1.85 bits per heavy atom. The molecule has 0 aromatic carbocycles. The smallest absolute Gasteiger partial charge is 0.0376 e.